The van der Waals surface area contributed by atoms with Crippen LogP contribution in [0.3, 0.4) is 0 Å². The Kier molecular flexibility index (Phi) is 5.26. The van der Waals surface area contributed by atoms with E-state index >= 15 is 0 Å². The number of alkyl halides is 3. The highest BCUT2D eigenvalue weighted by molar-refractivity contribution is 5.93. The van der Waals surface area contributed by atoms with Crippen molar-refractivity contribution in [1.29, 1.82) is 0 Å². The number of halogens is 4. The van der Waals surface area contributed by atoms with Crippen molar-refractivity contribution in [1.82, 2.24) is 9.88 Å². The molecule has 31 heavy (non-hydrogen) atoms. The van der Waals surface area contributed by atoms with Crippen molar-refractivity contribution in [3.63, 3.8) is 0 Å². The van der Waals surface area contributed by atoms with Gasteiger partial charge in [0.25, 0.3) is 5.91 Å². The molecule has 1 aliphatic rings. The van der Waals surface area contributed by atoms with Crippen LogP contribution in [0.2, 0.25) is 0 Å². The maximum absolute atomic E-state index is 13.9. The van der Waals surface area contributed by atoms with E-state index in [4.69, 9.17) is 5.73 Å². The lowest BCUT2D eigenvalue weighted by Gasteiger charge is -2.30. The molecule has 0 spiro atoms. The first-order valence-corrected chi connectivity index (χ1v) is 9.48. The number of benzene rings is 2. The van der Waals surface area contributed by atoms with Crippen LogP contribution in [0.5, 0.6) is 0 Å². The van der Waals surface area contributed by atoms with Crippen molar-refractivity contribution in [3.8, 4) is 0 Å². The number of nitrogens with zero attached hydrogens (tertiary/aromatic N) is 2. The first-order chi connectivity index (χ1) is 14.7. The highest BCUT2D eigenvalue weighted by Crippen LogP contribution is 2.34. The van der Waals surface area contributed by atoms with Crippen LogP contribution in [0.25, 0.3) is 0 Å². The third kappa shape index (κ3) is 4.30. The van der Waals surface area contributed by atoms with Crippen LogP contribution in [0.15, 0.2) is 54.7 Å². The molecule has 0 bridgehead atoms. The molecule has 0 unspecified atom stereocenters. The van der Waals surface area contributed by atoms with Gasteiger partial charge in [0, 0.05) is 36.3 Å². The van der Waals surface area contributed by atoms with Gasteiger partial charge in [0.1, 0.15) is 11.5 Å². The van der Waals surface area contributed by atoms with Crippen molar-refractivity contribution in [2.24, 2.45) is 0 Å². The van der Waals surface area contributed by atoms with Gasteiger partial charge in [-0.05, 0) is 53.9 Å². The normalized spacial score (nSPS) is 13.6. The second kappa shape index (κ2) is 7.90. The molecule has 0 saturated heterocycles. The number of amides is 1. The molecule has 0 atom stereocenters. The molecule has 1 aliphatic heterocycles. The second-order valence-corrected chi connectivity index (χ2v) is 7.21. The zero-order valence-electron chi connectivity index (χ0n) is 16.2. The topological polar surface area (TPSA) is 71.2 Å². The van der Waals surface area contributed by atoms with E-state index in [1.165, 1.54) is 18.3 Å². The Morgan fingerprint density at radius 2 is 1.94 bits per heavy atom. The molecule has 0 saturated carbocycles. The third-order valence-electron chi connectivity index (χ3n) is 5.11. The Morgan fingerprint density at radius 3 is 2.65 bits per heavy atom. The summed E-state index contributed by atoms with van der Waals surface area (Å²) in [7, 11) is 0. The zero-order valence-corrected chi connectivity index (χ0v) is 16.2. The minimum absolute atomic E-state index is 0.210. The smallest absolute Gasteiger partial charge is 0.399 e. The first kappa shape index (κ1) is 20.6. The number of anilines is 3. The lowest BCUT2D eigenvalue weighted by molar-refractivity contribution is -0.139. The van der Waals surface area contributed by atoms with Crippen LogP contribution in [0.1, 0.15) is 27.2 Å². The number of pyridine rings is 1. The highest BCUT2D eigenvalue weighted by Gasteiger charge is 2.34. The fourth-order valence-corrected chi connectivity index (χ4v) is 3.60. The molecule has 1 aromatic heterocycles. The third-order valence-corrected chi connectivity index (χ3v) is 5.11. The van der Waals surface area contributed by atoms with Crippen LogP contribution in [0, 0.1) is 5.82 Å². The second-order valence-electron chi connectivity index (χ2n) is 7.21. The van der Waals surface area contributed by atoms with Gasteiger partial charge in [-0.1, -0.05) is 12.1 Å². The van der Waals surface area contributed by atoms with Gasteiger partial charge in [0.05, 0.1) is 5.56 Å². The summed E-state index contributed by atoms with van der Waals surface area (Å²) in [5.74, 6) is -1.57. The van der Waals surface area contributed by atoms with E-state index in [1.54, 1.807) is 23.1 Å². The number of nitrogens with two attached hydrogens (primary N) is 1. The first-order valence-electron chi connectivity index (χ1n) is 9.48. The average Bonchev–Trinajstić information content (AvgIpc) is 2.72. The van der Waals surface area contributed by atoms with Crippen molar-refractivity contribution in [3.05, 3.63) is 82.9 Å². The number of nitrogen functional groups attached to an aromatic ring is 1. The highest BCUT2D eigenvalue weighted by atomic mass is 19.4. The Labute approximate surface area is 175 Å². The minimum atomic E-state index is -4.75. The summed E-state index contributed by atoms with van der Waals surface area (Å²) in [6.45, 7) is 0.782. The van der Waals surface area contributed by atoms with E-state index in [9.17, 15) is 22.4 Å². The molecule has 0 fully saturated rings. The fourth-order valence-electron chi connectivity index (χ4n) is 3.60. The Balaban J connectivity index is 1.55. The van der Waals surface area contributed by atoms with Crippen LogP contribution in [-0.2, 0) is 19.1 Å². The number of hydrogen-bond donors (Lipinski definition) is 2. The van der Waals surface area contributed by atoms with Gasteiger partial charge in [-0.3, -0.25) is 9.78 Å². The summed E-state index contributed by atoms with van der Waals surface area (Å²) in [6, 6.07) is 11.3. The standard InChI is InChI=1S/C22H18F4N4O/c23-18-11-15(4-5-17(18)22(24,25)26)29-19-3-1-2-13-12-30(9-7-16(13)19)21(31)20-10-14(27)6-8-28-20/h1-6,8,10-11,29H,7,9,12H2,(H2,27,28). The van der Waals surface area contributed by atoms with Crippen molar-refractivity contribution < 1.29 is 22.4 Å². The predicted molar refractivity (Wildman–Crippen MR) is 108 cm³/mol. The molecule has 0 radical (unpaired) electrons. The number of carbonyl (C=O) groups excluding carboxylic acids is 1. The summed E-state index contributed by atoms with van der Waals surface area (Å²) >= 11 is 0. The van der Waals surface area contributed by atoms with Crippen LogP contribution < -0.4 is 11.1 Å². The summed E-state index contributed by atoms with van der Waals surface area (Å²) in [6.07, 6.45) is -2.75. The molecular weight excluding hydrogens is 412 g/mol. The van der Waals surface area contributed by atoms with E-state index in [1.807, 2.05) is 6.07 Å². The summed E-state index contributed by atoms with van der Waals surface area (Å²) in [5, 5.41) is 3.00. The maximum atomic E-state index is 13.9. The van der Waals surface area contributed by atoms with Crippen molar-refractivity contribution in [2.45, 2.75) is 19.1 Å². The van der Waals surface area contributed by atoms with E-state index < -0.39 is 17.6 Å². The summed E-state index contributed by atoms with van der Waals surface area (Å²) in [5.41, 5.74) is 7.82. The number of rotatable bonds is 3. The van der Waals surface area contributed by atoms with Crippen molar-refractivity contribution >= 4 is 23.0 Å². The number of hydrogen-bond acceptors (Lipinski definition) is 4. The number of aromatic nitrogens is 1. The SMILES string of the molecule is Nc1ccnc(C(=O)N2CCc3c(cccc3Nc3ccc(C(F)(F)F)c(F)c3)C2)c1. The van der Waals surface area contributed by atoms with E-state index in [0.717, 1.165) is 17.2 Å². The molecule has 4 rings (SSSR count). The molecule has 5 nitrogen and oxygen atoms in total. The van der Waals surface area contributed by atoms with Gasteiger partial charge < -0.3 is 16.0 Å². The lowest BCUT2D eigenvalue weighted by atomic mass is 9.97. The van der Waals surface area contributed by atoms with Crippen LogP contribution >= 0.6 is 0 Å². The van der Waals surface area contributed by atoms with Gasteiger partial charge in [-0.2, -0.15) is 13.2 Å². The summed E-state index contributed by atoms with van der Waals surface area (Å²) in [4.78, 5) is 18.5. The fraction of sp³-hybridized carbons (Fsp3) is 0.182. The Hall–Kier alpha value is -3.62. The Morgan fingerprint density at radius 1 is 1.13 bits per heavy atom. The molecule has 2 heterocycles. The molecule has 0 aliphatic carbocycles. The molecule has 1 amide bonds. The van der Waals surface area contributed by atoms with Crippen molar-refractivity contribution in [2.75, 3.05) is 17.6 Å². The Bertz CT molecular complexity index is 1150. The number of fused-ring (bicyclic) bond motifs is 1. The number of nitrogens with one attached hydrogen (secondary N) is 1. The zero-order chi connectivity index (χ0) is 22.2. The monoisotopic (exact) mass is 430 g/mol. The molecule has 3 aromatic rings. The molecule has 160 valence electrons. The van der Waals surface area contributed by atoms with Gasteiger partial charge in [-0.25, -0.2) is 4.39 Å². The molecule has 3 N–H and O–H groups in total. The van der Waals surface area contributed by atoms with Gasteiger partial charge in [0.2, 0.25) is 0 Å². The van der Waals surface area contributed by atoms with Crippen LogP contribution in [-0.4, -0.2) is 22.3 Å². The van der Waals surface area contributed by atoms with Gasteiger partial charge in [-0.15, -0.1) is 0 Å². The molecular formula is C22H18F4N4O. The van der Waals surface area contributed by atoms with E-state index in [0.29, 0.717) is 37.0 Å². The van der Waals surface area contributed by atoms with E-state index in [2.05, 4.69) is 10.3 Å². The minimum Gasteiger partial charge on any atom is -0.399 e. The lowest BCUT2D eigenvalue weighted by Crippen LogP contribution is -2.36. The largest absolute Gasteiger partial charge is 0.419 e. The molecule has 9 heteroatoms. The average molecular weight is 430 g/mol. The molecule has 2 aromatic carbocycles. The summed E-state index contributed by atoms with van der Waals surface area (Å²) < 4.78 is 52.2. The number of carbonyl (C=O) groups is 1. The van der Waals surface area contributed by atoms with Gasteiger partial charge >= 0.3 is 6.18 Å². The van der Waals surface area contributed by atoms with Gasteiger partial charge in [0.15, 0.2) is 0 Å². The quantitative estimate of drug-likeness (QED) is 0.588. The predicted octanol–water partition coefficient (Wildman–Crippen LogP) is 4.76. The van der Waals surface area contributed by atoms with Crippen LogP contribution in [0.4, 0.5) is 34.6 Å². The maximum Gasteiger partial charge on any atom is 0.419 e. The van der Waals surface area contributed by atoms with E-state index in [-0.39, 0.29) is 17.3 Å².